The first-order chi connectivity index (χ1) is 12.3. The molecule has 0 saturated carbocycles. The molecule has 1 aromatic rings. The molecule has 0 spiro atoms. The molecule has 26 heavy (non-hydrogen) atoms. The van der Waals surface area contributed by atoms with Gasteiger partial charge in [0.25, 0.3) is 0 Å². The Balaban J connectivity index is 2.09. The maximum absolute atomic E-state index is 12.3. The lowest BCUT2D eigenvalue weighted by Gasteiger charge is -2.27. The van der Waals surface area contributed by atoms with Gasteiger partial charge in [0.1, 0.15) is 5.60 Å². The van der Waals surface area contributed by atoms with E-state index < -0.39 is 17.7 Å². The summed E-state index contributed by atoms with van der Waals surface area (Å²) >= 11 is 6.08. The van der Waals surface area contributed by atoms with E-state index in [-0.39, 0.29) is 6.61 Å². The molecule has 0 bridgehead atoms. The largest absolute Gasteiger partial charge is 0.462 e. The quantitative estimate of drug-likeness (QED) is 0.716. The summed E-state index contributed by atoms with van der Waals surface area (Å²) in [6, 6.07) is 5.09. The predicted molar refractivity (Wildman–Crippen MR) is 100 cm³/mol. The van der Waals surface area contributed by atoms with Crippen molar-refractivity contribution in [2.24, 2.45) is 4.99 Å². The van der Waals surface area contributed by atoms with Gasteiger partial charge in [0.2, 0.25) is 0 Å². The van der Waals surface area contributed by atoms with E-state index in [4.69, 9.17) is 21.1 Å². The Morgan fingerprint density at radius 2 is 2.04 bits per heavy atom. The number of carbonyl (C=O) groups excluding carboxylic acids is 2. The van der Waals surface area contributed by atoms with Crippen molar-refractivity contribution >= 4 is 29.9 Å². The third-order valence-corrected chi connectivity index (χ3v) is 3.79. The van der Waals surface area contributed by atoms with Crippen LogP contribution in [-0.4, -0.2) is 35.4 Å². The lowest BCUT2D eigenvalue weighted by atomic mass is 9.97. The van der Waals surface area contributed by atoms with Crippen LogP contribution in [0, 0.1) is 0 Å². The van der Waals surface area contributed by atoms with Crippen molar-refractivity contribution in [3.63, 3.8) is 0 Å². The Hall–Kier alpha value is -2.60. The van der Waals surface area contributed by atoms with Crippen LogP contribution in [0.4, 0.5) is 4.79 Å². The third-order valence-electron chi connectivity index (χ3n) is 3.46. The van der Waals surface area contributed by atoms with E-state index in [1.165, 1.54) is 17.3 Å². The van der Waals surface area contributed by atoms with Crippen molar-refractivity contribution in [1.82, 2.24) is 4.90 Å². The fourth-order valence-corrected chi connectivity index (χ4v) is 2.57. The zero-order chi connectivity index (χ0) is 19.2. The van der Waals surface area contributed by atoms with Crippen LogP contribution in [0.25, 0.3) is 0 Å². The number of halogens is 1. The Labute approximate surface area is 157 Å². The van der Waals surface area contributed by atoms with Crippen LogP contribution < -0.4 is 0 Å². The molecular formula is C19H21ClN2O4. The van der Waals surface area contributed by atoms with Crippen molar-refractivity contribution in [3.8, 4) is 0 Å². The fraction of sp³-hybridized carbons (Fsp3) is 0.316. The Kier molecular flexibility index (Phi) is 6.58. The topological polar surface area (TPSA) is 68.2 Å². The van der Waals surface area contributed by atoms with E-state index in [0.717, 1.165) is 5.56 Å². The number of hydrogen-bond acceptors (Lipinski definition) is 5. The minimum atomic E-state index is -0.800. The number of carbonyl (C=O) groups is 2. The Bertz CT molecular complexity index is 753. The van der Waals surface area contributed by atoms with Gasteiger partial charge < -0.3 is 9.47 Å². The standard InChI is InChI=1S/C19H21ClN2O4/c1-4-25-17(23)15-12-14(6-7-16(15)20)13-19(2,3)26-18(24)22-10-5-8-21-9-11-22/h5-12H,4,13H2,1-3H3. The highest BCUT2D eigenvalue weighted by molar-refractivity contribution is 6.33. The van der Waals surface area contributed by atoms with E-state index in [9.17, 15) is 9.59 Å². The summed E-state index contributed by atoms with van der Waals surface area (Å²) in [6.07, 6.45) is 7.66. The monoisotopic (exact) mass is 376 g/mol. The van der Waals surface area contributed by atoms with Crippen LogP contribution in [0.5, 0.6) is 0 Å². The number of amides is 1. The molecule has 7 heteroatoms. The van der Waals surface area contributed by atoms with Gasteiger partial charge in [-0.25, -0.2) is 9.59 Å². The highest BCUT2D eigenvalue weighted by Crippen LogP contribution is 2.24. The first kappa shape index (κ1) is 19.7. The number of esters is 1. The summed E-state index contributed by atoms with van der Waals surface area (Å²) in [6.45, 7) is 5.59. The van der Waals surface area contributed by atoms with Crippen LogP contribution in [0.1, 0.15) is 36.7 Å². The van der Waals surface area contributed by atoms with Gasteiger partial charge in [0.15, 0.2) is 0 Å². The normalized spacial score (nSPS) is 13.5. The smallest absolute Gasteiger partial charge is 0.418 e. The van der Waals surface area contributed by atoms with Gasteiger partial charge in [-0.2, -0.15) is 0 Å². The number of allylic oxidation sites excluding steroid dienone is 1. The van der Waals surface area contributed by atoms with Gasteiger partial charge >= 0.3 is 12.1 Å². The average Bonchev–Trinajstić information content (AvgIpc) is 2.85. The fourth-order valence-electron chi connectivity index (χ4n) is 2.38. The van der Waals surface area contributed by atoms with E-state index >= 15 is 0 Å². The second kappa shape index (κ2) is 8.67. The molecule has 0 saturated heterocycles. The van der Waals surface area contributed by atoms with Crippen LogP contribution >= 0.6 is 11.6 Å². The molecule has 0 unspecified atom stereocenters. The molecule has 1 aliphatic heterocycles. The van der Waals surface area contributed by atoms with Crippen LogP contribution in [-0.2, 0) is 15.9 Å². The Morgan fingerprint density at radius 1 is 1.27 bits per heavy atom. The van der Waals surface area contributed by atoms with Gasteiger partial charge in [0, 0.05) is 31.2 Å². The summed E-state index contributed by atoms with van der Waals surface area (Å²) in [5.41, 5.74) is 0.301. The second-order valence-electron chi connectivity index (χ2n) is 6.18. The summed E-state index contributed by atoms with van der Waals surface area (Å²) in [5, 5.41) is 0.321. The molecule has 138 valence electrons. The molecule has 0 aromatic heterocycles. The van der Waals surface area contributed by atoms with Crippen LogP contribution in [0.2, 0.25) is 5.02 Å². The van der Waals surface area contributed by atoms with Crippen molar-refractivity contribution in [1.29, 1.82) is 0 Å². The van der Waals surface area contributed by atoms with Gasteiger partial charge in [-0.05, 0) is 44.5 Å². The zero-order valence-corrected chi connectivity index (χ0v) is 15.7. The lowest BCUT2D eigenvalue weighted by molar-refractivity contribution is 0.0274. The van der Waals surface area contributed by atoms with Crippen LogP contribution in [0.15, 0.2) is 47.9 Å². The molecule has 2 rings (SSSR count). The maximum Gasteiger partial charge on any atom is 0.418 e. The molecule has 0 radical (unpaired) electrons. The molecule has 1 heterocycles. The highest BCUT2D eigenvalue weighted by atomic mass is 35.5. The minimum absolute atomic E-state index is 0.267. The third kappa shape index (κ3) is 5.46. The predicted octanol–water partition coefficient (Wildman–Crippen LogP) is 4.35. The molecule has 0 aliphatic carbocycles. The molecular weight excluding hydrogens is 356 g/mol. The Morgan fingerprint density at radius 3 is 2.77 bits per heavy atom. The van der Waals surface area contributed by atoms with Gasteiger partial charge in [-0.3, -0.25) is 9.89 Å². The first-order valence-electron chi connectivity index (χ1n) is 8.16. The summed E-state index contributed by atoms with van der Waals surface area (Å²) in [5.74, 6) is -0.478. The van der Waals surface area contributed by atoms with Crippen LogP contribution in [0.3, 0.4) is 0 Å². The number of rotatable bonds is 5. The lowest BCUT2D eigenvalue weighted by Crippen LogP contribution is -2.35. The molecule has 1 aliphatic rings. The second-order valence-corrected chi connectivity index (χ2v) is 6.59. The van der Waals surface area contributed by atoms with Crippen molar-refractivity contribution in [2.45, 2.75) is 32.8 Å². The average molecular weight is 377 g/mol. The van der Waals surface area contributed by atoms with Crippen molar-refractivity contribution in [3.05, 3.63) is 59.0 Å². The van der Waals surface area contributed by atoms with Gasteiger partial charge in [0.05, 0.1) is 17.2 Å². The molecule has 0 N–H and O–H groups in total. The van der Waals surface area contributed by atoms with Crippen molar-refractivity contribution < 1.29 is 19.1 Å². The summed E-state index contributed by atoms with van der Waals surface area (Å²) in [4.78, 5) is 29.5. The van der Waals surface area contributed by atoms with E-state index in [1.54, 1.807) is 57.5 Å². The number of hydrogen-bond donors (Lipinski definition) is 0. The summed E-state index contributed by atoms with van der Waals surface area (Å²) < 4.78 is 10.6. The van der Waals surface area contributed by atoms with E-state index in [1.807, 2.05) is 0 Å². The molecule has 6 nitrogen and oxygen atoms in total. The number of aliphatic imine (C=N–C) groups is 1. The molecule has 0 atom stereocenters. The maximum atomic E-state index is 12.3. The van der Waals surface area contributed by atoms with E-state index in [0.29, 0.717) is 17.0 Å². The summed E-state index contributed by atoms with van der Waals surface area (Å²) in [7, 11) is 0. The van der Waals surface area contributed by atoms with Crippen molar-refractivity contribution in [2.75, 3.05) is 6.61 Å². The van der Waals surface area contributed by atoms with Gasteiger partial charge in [-0.1, -0.05) is 17.7 Å². The minimum Gasteiger partial charge on any atom is -0.462 e. The zero-order valence-electron chi connectivity index (χ0n) is 14.9. The first-order valence-corrected chi connectivity index (χ1v) is 8.53. The number of benzene rings is 1. The SMILES string of the molecule is CCOC(=O)c1cc(CC(C)(C)OC(=O)N2C=CC=NC=C2)ccc1Cl. The highest BCUT2D eigenvalue weighted by Gasteiger charge is 2.26. The van der Waals surface area contributed by atoms with Gasteiger partial charge in [-0.15, -0.1) is 0 Å². The van der Waals surface area contributed by atoms with E-state index in [2.05, 4.69) is 4.99 Å². The number of nitrogens with zero attached hydrogens (tertiary/aromatic N) is 2. The number of ether oxygens (including phenoxy) is 2. The molecule has 1 aromatic carbocycles. The molecule has 1 amide bonds. The molecule has 0 fully saturated rings.